The largest absolute Gasteiger partial charge is 0.481 e. The van der Waals surface area contributed by atoms with Crippen molar-refractivity contribution in [2.45, 2.75) is 78.1 Å². The molecule has 7 atom stereocenters. The van der Waals surface area contributed by atoms with Crippen molar-refractivity contribution in [2.24, 2.45) is 40.9 Å². The number of fused-ring (bicyclic) bond motifs is 5. The van der Waals surface area contributed by atoms with E-state index in [0.29, 0.717) is 0 Å². The van der Waals surface area contributed by atoms with Gasteiger partial charge in [-0.1, -0.05) is 26.2 Å². The molecule has 4 fully saturated rings. The number of aliphatic hydroxyl groups is 1. The fourth-order valence-electron chi connectivity index (χ4n) is 7.47. The average molecular weight is 365 g/mol. The van der Waals surface area contributed by atoms with Crippen molar-refractivity contribution in [3.05, 3.63) is 0 Å². The number of carboxylic acid groups (broad SMARTS) is 1. The van der Waals surface area contributed by atoms with E-state index in [1.165, 1.54) is 57.8 Å². The normalized spacial score (nSPS) is 44.0. The second kappa shape index (κ2) is 8.00. The number of aliphatic hydroxyl groups excluding tert-OH is 1. The minimum Gasteiger partial charge on any atom is -0.481 e. The fourth-order valence-corrected chi connectivity index (χ4v) is 7.47. The van der Waals surface area contributed by atoms with Crippen LogP contribution >= 0.6 is 0 Å². The molecule has 0 amide bonds. The van der Waals surface area contributed by atoms with E-state index < -0.39 is 5.97 Å². The Morgan fingerprint density at radius 3 is 2.31 bits per heavy atom. The van der Waals surface area contributed by atoms with Gasteiger partial charge in [0, 0.05) is 12.8 Å². The lowest BCUT2D eigenvalue weighted by Crippen LogP contribution is -2.49. The summed E-state index contributed by atoms with van der Waals surface area (Å²) in [5.74, 6) is 4.06. The van der Waals surface area contributed by atoms with Gasteiger partial charge in [0.15, 0.2) is 5.78 Å². The SMILES string of the molecule is CC(=O)O.CC12CCC3C4CCCCC4CCC3C1CC[C@@H]2C(=O)CO. The molecule has 0 aromatic rings. The van der Waals surface area contributed by atoms with Crippen molar-refractivity contribution in [1.82, 2.24) is 0 Å². The first-order valence-electron chi connectivity index (χ1n) is 10.7. The van der Waals surface area contributed by atoms with Crippen LogP contribution in [0.4, 0.5) is 0 Å². The van der Waals surface area contributed by atoms with Gasteiger partial charge in [-0.2, -0.15) is 0 Å². The number of hydrogen-bond acceptors (Lipinski definition) is 3. The van der Waals surface area contributed by atoms with E-state index in [2.05, 4.69) is 6.92 Å². The van der Waals surface area contributed by atoms with Crippen molar-refractivity contribution in [3.8, 4) is 0 Å². The third kappa shape index (κ3) is 3.58. The number of ketones is 1. The Balaban J connectivity index is 0.000000447. The minimum absolute atomic E-state index is 0.120. The van der Waals surface area contributed by atoms with E-state index in [1.54, 1.807) is 0 Å². The van der Waals surface area contributed by atoms with Crippen molar-refractivity contribution in [2.75, 3.05) is 6.61 Å². The van der Waals surface area contributed by atoms with Crippen LogP contribution in [0.1, 0.15) is 78.1 Å². The molecule has 4 heteroatoms. The molecule has 4 aliphatic carbocycles. The standard InChI is InChI=1S/C20H32O2.C2H4O2/c1-20-11-10-15-14-5-3-2-4-13(14)6-7-16(15)17(20)8-9-18(20)19(22)12-21;1-2(3)4/h13-18,21H,2-12H2,1H3;1H3,(H,3,4)/t13?,14?,15?,16?,17?,18-,20?;/m1./s1. The molecular formula is C22H36O4. The molecule has 148 valence electrons. The number of carbonyl (C=O) groups is 2. The highest BCUT2D eigenvalue weighted by molar-refractivity contribution is 5.83. The van der Waals surface area contributed by atoms with Crippen molar-refractivity contribution in [3.63, 3.8) is 0 Å². The summed E-state index contributed by atoms with van der Waals surface area (Å²) in [5, 5.41) is 16.8. The molecule has 0 radical (unpaired) electrons. The van der Waals surface area contributed by atoms with Gasteiger partial charge < -0.3 is 10.2 Å². The number of Topliss-reactive ketones (excluding diaryl/α,β-unsaturated/α-hetero) is 1. The van der Waals surface area contributed by atoms with Crippen LogP contribution < -0.4 is 0 Å². The molecule has 0 spiro atoms. The Bertz CT molecular complexity index is 526. The Morgan fingerprint density at radius 2 is 1.62 bits per heavy atom. The van der Waals surface area contributed by atoms with Gasteiger partial charge in [0.25, 0.3) is 5.97 Å². The first kappa shape index (κ1) is 19.9. The maximum absolute atomic E-state index is 12.2. The van der Waals surface area contributed by atoms with E-state index in [-0.39, 0.29) is 23.7 Å². The van der Waals surface area contributed by atoms with E-state index in [4.69, 9.17) is 9.90 Å². The zero-order valence-corrected chi connectivity index (χ0v) is 16.5. The van der Waals surface area contributed by atoms with Crippen LogP contribution in [0, 0.1) is 40.9 Å². The lowest BCUT2D eigenvalue weighted by molar-refractivity contribution is -0.134. The highest BCUT2D eigenvalue weighted by Gasteiger charge is 2.57. The molecule has 4 rings (SSSR count). The first-order chi connectivity index (χ1) is 12.4. The van der Waals surface area contributed by atoms with Crippen LogP contribution in [-0.4, -0.2) is 28.6 Å². The van der Waals surface area contributed by atoms with Gasteiger partial charge in [-0.05, 0) is 80.0 Å². The minimum atomic E-state index is -0.833. The van der Waals surface area contributed by atoms with Crippen LogP contribution in [0.5, 0.6) is 0 Å². The quantitative estimate of drug-likeness (QED) is 0.766. The third-order valence-electron chi connectivity index (χ3n) is 8.43. The van der Waals surface area contributed by atoms with Gasteiger partial charge in [0.1, 0.15) is 6.61 Å². The zero-order valence-electron chi connectivity index (χ0n) is 16.5. The average Bonchev–Trinajstić information content (AvgIpc) is 2.97. The summed E-state index contributed by atoms with van der Waals surface area (Å²) in [4.78, 5) is 21.2. The van der Waals surface area contributed by atoms with Gasteiger partial charge in [0.2, 0.25) is 0 Å². The van der Waals surface area contributed by atoms with Gasteiger partial charge in [-0.15, -0.1) is 0 Å². The van der Waals surface area contributed by atoms with E-state index in [0.717, 1.165) is 42.9 Å². The van der Waals surface area contributed by atoms with Crippen LogP contribution in [0.3, 0.4) is 0 Å². The fraction of sp³-hybridized carbons (Fsp3) is 0.909. The highest BCUT2D eigenvalue weighted by atomic mass is 16.4. The molecule has 0 saturated heterocycles. The molecule has 6 unspecified atom stereocenters. The van der Waals surface area contributed by atoms with Crippen molar-refractivity contribution >= 4 is 11.8 Å². The topological polar surface area (TPSA) is 74.6 Å². The summed E-state index contributed by atoms with van der Waals surface area (Å²) in [5.41, 5.74) is 0.197. The maximum atomic E-state index is 12.2. The summed E-state index contributed by atoms with van der Waals surface area (Å²) in [7, 11) is 0. The Kier molecular flexibility index (Phi) is 6.11. The lowest BCUT2D eigenvalue weighted by Gasteiger charge is -2.55. The summed E-state index contributed by atoms with van der Waals surface area (Å²) < 4.78 is 0. The molecule has 4 aliphatic rings. The van der Waals surface area contributed by atoms with Gasteiger partial charge in [0.05, 0.1) is 0 Å². The van der Waals surface area contributed by atoms with Crippen molar-refractivity contribution < 1.29 is 19.8 Å². The predicted octanol–water partition coefficient (Wildman–Crippen LogP) is 4.30. The number of carboxylic acids is 1. The second-order valence-electron chi connectivity index (χ2n) is 9.54. The van der Waals surface area contributed by atoms with Gasteiger partial charge >= 0.3 is 0 Å². The first-order valence-corrected chi connectivity index (χ1v) is 10.7. The maximum Gasteiger partial charge on any atom is 0.300 e. The Morgan fingerprint density at radius 1 is 0.923 bits per heavy atom. The Labute approximate surface area is 157 Å². The van der Waals surface area contributed by atoms with Gasteiger partial charge in [-0.3, -0.25) is 9.59 Å². The second-order valence-corrected chi connectivity index (χ2v) is 9.54. The lowest BCUT2D eigenvalue weighted by atomic mass is 9.49. The molecule has 0 aromatic carbocycles. The number of hydrogen-bond donors (Lipinski definition) is 2. The molecule has 0 heterocycles. The summed E-state index contributed by atoms with van der Waals surface area (Å²) in [6.45, 7) is 3.22. The van der Waals surface area contributed by atoms with Crippen LogP contribution in [0.15, 0.2) is 0 Å². The van der Waals surface area contributed by atoms with Crippen LogP contribution in [-0.2, 0) is 9.59 Å². The number of carbonyl (C=O) groups excluding carboxylic acids is 1. The molecule has 26 heavy (non-hydrogen) atoms. The third-order valence-corrected chi connectivity index (χ3v) is 8.43. The van der Waals surface area contributed by atoms with Crippen molar-refractivity contribution in [1.29, 1.82) is 0 Å². The van der Waals surface area contributed by atoms with E-state index >= 15 is 0 Å². The zero-order chi connectivity index (χ0) is 18.9. The van der Waals surface area contributed by atoms with Crippen LogP contribution in [0.25, 0.3) is 0 Å². The monoisotopic (exact) mass is 364 g/mol. The highest BCUT2D eigenvalue weighted by Crippen LogP contribution is 2.64. The molecular weight excluding hydrogens is 328 g/mol. The Hall–Kier alpha value is -0.900. The molecule has 2 N–H and O–H groups in total. The van der Waals surface area contributed by atoms with E-state index in [9.17, 15) is 9.90 Å². The number of rotatable bonds is 2. The molecule has 0 bridgehead atoms. The van der Waals surface area contributed by atoms with E-state index in [1.807, 2.05) is 0 Å². The molecule has 4 saturated carbocycles. The molecule has 0 aliphatic heterocycles. The predicted molar refractivity (Wildman–Crippen MR) is 101 cm³/mol. The summed E-state index contributed by atoms with van der Waals surface area (Å²) >= 11 is 0. The summed E-state index contributed by atoms with van der Waals surface area (Å²) in [6, 6.07) is 0. The van der Waals surface area contributed by atoms with Crippen LogP contribution in [0.2, 0.25) is 0 Å². The number of aliphatic carboxylic acids is 1. The summed E-state index contributed by atoms with van der Waals surface area (Å²) in [6.07, 6.45) is 13.6. The smallest absolute Gasteiger partial charge is 0.300 e. The molecule has 0 aromatic heterocycles. The molecule has 4 nitrogen and oxygen atoms in total. The van der Waals surface area contributed by atoms with Gasteiger partial charge in [-0.25, -0.2) is 0 Å².